The second-order valence-electron chi connectivity index (χ2n) is 3.77. The molecule has 17 heavy (non-hydrogen) atoms. The largest absolute Gasteiger partial charge is 0.493 e. The fourth-order valence-electron chi connectivity index (χ4n) is 1.76. The molecule has 1 aliphatic heterocycles. The second kappa shape index (κ2) is 5.53. The van der Waals surface area contributed by atoms with Gasteiger partial charge in [-0.05, 0) is 17.7 Å². The highest BCUT2D eigenvalue weighted by molar-refractivity contribution is 7.99. The molecule has 92 valence electrons. The van der Waals surface area contributed by atoms with Crippen LogP contribution in [0.2, 0.25) is 0 Å². The first kappa shape index (κ1) is 12.4. The minimum absolute atomic E-state index is 0.275. The van der Waals surface area contributed by atoms with Gasteiger partial charge in [-0.2, -0.15) is 0 Å². The Hall–Kier alpha value is -1.04. The molecule has 0 spiro atoms. The number of benzene rings is 1. The zero-order valence-electron chi connectivity index (χ0n) is 9.36. The number of rotatable bonds is 3. The molecule has 0 unspecified atom stereocenters. The van der Waals surface area contributed by atoms with E-state index in [1.54, 1.807) is 6.07 Å². The van der Waals surface area contributed by atoms with Crippen molar-refractivity contribution in [2.45, 2.75) is 11.9 Å². The summed E-state index contributed by atoms with van der Waals surface area (Å²) in [7, 11) is 0. The molecule has 1 aromatic carbocycles. The third-order valence-electron chi connectivity index (χ3n) is 2.54. The molecule has 0 aliphatic carbocycles. The Bertz CT molecular complexity index is 435. The maximum atomic E-state index is 13.0. The van der Waals surface area contributed by atoms with Crippen LogP contribution in [0.4, 0.5) is 4.39 Å². The molecule has 4 N–H and O–H groups in total. The lowest BCUT2D eigenvalue weighted by Gasteiger charge is -2.20. The lowest BCUT2D eigenvalue weighted by molar-refractivity contribution is 0.314. The van der Waals surface area contributed by atoms with Crippen molar-refractivity contribution in [1.29, 1.82) is 0 Å². The van der Waals surface area contributed by atoms with E-state index in [1.165, 1.54) is 29.5 Å². The van der Waals surface area contributed by atoms with Gasteiger partial charge in [0.05, 0.1) is 6.61 Å². The Morgan fingerprint density at radius 1 is 1.47 bits per heavy atom. The Morgan fingerprint density at radius 2 is 2.29 bits per heavy atom. The maximum absolute atomic E-state index is 13.0. The van der Waals surface area contributed by atoms with Gasteiger partial charge in [0, 0.05) is 23.8 Å². The zero-order chi connectivity index (χ0) is 12.3. The predicted octanol–water partition coefficient (Wildman–Crippen LogP) is 1.93. The highest BCUT2D eigenvalue weighted by atomic mass is 32.2. The van der Waals surface area contributed by atoms with Crippen molar-refractivity contribution < 1.29 is 9.13 Å². The minimum Gasteiger partial charge on any atom is -0.493 e. The van der Waals surface area contributed by atoms with Crippen molar-refractivity contribution >= 4 is 17.3 Å². The van der Waals surface area contributed by atoms with Crippen molar-refractivity contribution in [3.63, 3.8) is 0 Å². The summed E-state index contributed by atoms with van der Waals surface area (Å²) in [5.41, 5.74) is 12.7. The van der Waals surface area contributed by atoms with Gasteiger partial charge in [0.1, 0.15) is 17.1 Å². The molecule has 1 aliphatic rings. The molecule has 1 aromatic rings. The van der Waals surface area contributed by atoms with E-state index in [1.807, 2.05) is 0 Å². The van der Waals surface area contributed by atoms with Crippen molar-refractivity contribution in [2.24, 2.45) is 11.5 Å². The van der Waals surface area contributed by atoms with Crippen LogP contribution in [0, 0.1) is 5.82 Å². The molecule has 0 radical (unpaired) electrons. The van der Waals surface area contributed by atoms with Crippen molar-refractivity contribution in [2.75, 3.05) is 12.4 Å². The van der Waals surface area contributed by atoms with E-state index >= 15 is 0 Å². The Balaban J connectivity index is 2.17. The molecule has 0 saturated carbocycles. The van der Waals surface area contributed by atoms with Gasteiger partial charge in [-0.3, -0.25) is 0 Å². The molecule has 2 rings (SSSR count). The first-order chi connectivity index (χ1) is 8.16. The van der Waals surface area contributed by atoms with Crippen LogP contribution in [-0.2, 0) is 0 Å². The number of hydrogen-bond acceptors (Lipinski definition) is 4. The molecule has 1 heterocycles. The number of thioether (sulfide) groups is 1. The first-order valence-electron chi connectivity index (χ1n) is 5.41. The quantitative estimate of drug-likeness (QED) is 0.809. The number of nitrogens with two attached hydrogens (primary N) is 2. The fourth-order valence-corrected chi connectivity index (χ4v) is 2.28. The van der Waals surface area contributed by atoms with E-state index in [0.717, 1.165) is 17.7 Å². The lowest BCUT2D eigenvalue weighted by atomic mass is 10.00. The van der Waals surface area contributed by atoms with Crippen LogP contribution in [0.3, 0.4) is 0 Å². The molecule has 3 nitrogen and oxygen atoms in total. The van der Waals surface area contributed by atoms with Gasteiger partial charge in [0.25, 0.3) is 0 Å². The molecule has 0 saturated heterocycles. The van der Waals surface area contributed by atoms with Crippen LogP contribution in [0.1, 0.15) is 12.0 Å². The number of halogens is 1. The minimum atomic E-state index is -0.362. The molecule has 0 bridgehead atoms. The highest BCUT2D eigenvalue weighted by Gasteiger charge is 2.15. The number of hydrogen-bond donors (Lipinski definition) is 2. The van der Waals surface area contributed by atoms with Crippen molar-refractivity contribution in [1.82, 2.24) is 0 Å². The average Bonchev–Trinajstić information content (AvgIpc) is 2.28. The smallest absolute Gasteiger partial charge is 0.129 e. The number of ether oxygens (including phenoxy) is 1. The molecule has 5 heteroatoms. The number of fused-ring (bicyclic) bond motifs is 1. The van der Waals surface area contributed by atoms with Gasteiger partial charge in [-0.1, -0.05) is 6.08 Å². The van der Waals surface area contributed by atoms with Gasteiger partial charge < -0.3 is 16.2 Å². The molecular formula is C12H15FN2OS. The SMILES string of the molecule is NC(N)SCC=C1CCOc2cc(F)ccc21. The van der Waals surface area contributed by atoms with E-state index in [-0.39, 0.29) is 11.3 Å². The summed E-state index contributed by atoms with van der Waals surface area (Å²) in [4.78, 5) is 0. The van der Waals surface area contributed by atoms with Crippen molar-refractivity contribution in [3.05, 3.63) is 35.7 Å². The molecule has 0 aromatic heterocycles. The van der Waals surface area contributed by atoms with E-state index in [2.05, 4.69) is 6.08 Å². The lowest BCUT2D eigenvalue weighted by Crippen LogP contribution is -2.26. The molecule has 0 atom stereocenters. The van der Waals surface area contributed by atoms with Crippen LogP contribution in [0.25, 0.3) is 5.57 Å². The summed E-state index contributed by atoms with van der Waals surface area (Å²) in [5, 5.41) is 0. The standard InChI is InChI=1S/C12H15FN2OS/c13-9-1-2-10-8(4-6-17-12(14)15)3-5-16-11(10)7-9/h1-2,4,7,12H,3,5-6,14-15H2. The predicted molar refractivity (Wildman–Crippen MR) is 69.1 cm³/mol. The third kappa shape index (κ3) is 3.21. The van der Waals surface area contributed by atoms with Gasteiger partial charge in [-0.25, -0.2) is 4.39 Å². The average molecular weight is 254 g/mol. The fraction of sp³-hybridized carbons (Fsp3) is 0.333. The van der Waals surface area contributed by atoms with E-state index in [9.17, 15) is 4.39 Å². The Kier molecular flexibility index (Phi) is 4.04. The third-order valence-corrected chi connectivity index (χ3v) is 3.28. The van der Waals surface area contributed by atoms with Crippen LogP contribution < -0.4 is 16.2 Å². The van der Waals surface area contributed by atoms with Crippen LogP contribution in [0.15, 0.2) is 24.3 Å². The summed E-state index contributed by atoms with van der Waals surface area (Å²) < 4.78 is 18.5. The van der Waals surface area contributed by atoms with E-state index in [4.69, 9.17) is 16.2 Å². The normalized spacial score (nSPS) is 17.1. The van der Waals surface area contributed by atoms with Gasteiger partial charge >= 0.3 is 0 Å². The summed E-state index contributed by atoms with van der Waals surface area (Å²) >= 11 is 1.47. The summed E-state index contributed by atoms with van der Waals surface area (Å²) in [6, 6.07) is 4.62. The van der Waals surface area contributed by atoms with E-state index < -0.39 is 0 Å². The maximum Gasteiger partial charge on any atom is 0.129 e. The Labute approximate surface area is 104 Å². The van der Waals surface area contributed by atoms with E-state index in [0.29, 0.717) is 12.4 Å². The summed E-state index contributed by atoms with van der Waals surface area (Å²) in [5.74, 6) is 1.09. The topological polar surface area (TPSA) is 61.3 Å². The summed E-state index contributed by atoms with van der Waals surface area (Å²) in [6.45, 7) is 0.585. The van der Waals surface area contributed by atoms with Crippen LogP contribution >= 0.6 is 11.8 Å². The zero-order valence-corrected chi connectivity index (χ0v) is 10.2. The monoisotopic (exact) mass is 254 g/mol. The first-order valence-corrected chi connectivity index (χ1v) is 6.46. The summed E-state index contributed by atoms with van der Waals surface area (Å²) in [6.07, 6.45) is 2.91. The van der Waals surface area contributed by atoms with Crippen molar-refractivity contribution in [3.8, 4) is 5.75 Å². The van der Waals surface area contributed by atoms with Crippen LogP contribution in [0.5, 0.6) is 5.75 Å². The second-order valence-corrected chi connectivity index (χ2v) is 4.98. The molecule has 0 amide bonds. The van der Waals surface area contributed by atoms with Gasteiger partial charge in [0.15, 0.2) is 0 Å². The Morgan fingerprint density at radius 3 is 3.06 bits per heavy atom. The van der Waals surface area contributed by atoms with Crippen LogP contribution in [-0.4, -0.2) is 17.9 Å². The van der Waals surface area contributed by atoms with Gasteiger partial charge in [0.2, 0.25) is 0 Å². The molecular weight excluding hydrogens is 239 g/mol. The molecule has 0 fully saturated rings. The highest BCUT2D eigenvalue weighted by Crippen LogP contribution is 2.33. The van der Waals surface area contributed by atoms with Gasteiger partial charge in [-0.15, -0.1) is 11.8 Å².